The van der Waals surface area contributed by atoms with Gasteiger partial charge in [-0.3, -0.25) is 9.48 Å². The molecule has 0 unspecified atom stereocenters. The molecule has 8 heteroatoms. The first-order valence-electron chi connectivity index (χ1n) is 11.6. The zero-order chi connectivity index (χ0) is 26.0. The van der Waals surface area contributed by atoms with Crippen LogP contribution in [0.5, 0.6) is 0 Å². The van der Waals surface area contributed by atoms with E-state index in [0.717, 1.165) is 23.0 Å². The molecule has 1 heterocycles. The van der Waals surface area contributed by atoms with Gasteiger partial charge in [-0.25, -0.2) is 0 Å². The van der Waals surface area contributed by atoms with Crippen molar-refractivity contribution in [3.05, 3.63) is 114 Å². The Bertz CT molecular complexity index is 1560. The van der Waals surface area contributed by atoms with Crippen molar-refractivity contribution in [2.24, 2.45) is 0 Å². The minimum Gasteiger partial charge on any atom is -0.481 e. The van der Waals surface area contributed by atoms with Gasteiger partial charge in [-0.2, -0.15) is 18.3 Å². The lowest BCUT2D eigenvalue weighted by molar-refractivity contribution is -0.137. The summed E-state index contributed by atoms with van der Waals surface area (Å²) in [5, 5.41) is 17.1. The zero-order valence-corrected chi connectivity index (χ0v) is 19.5. The Balaban J connectivity index is 1.56. The summed E-state index contributed by atoms with van der Waals surface area (Å²) in [4.78, 5) is 10.9. The Morgan fingerprint density at radius 3 is 2.27 bits per heavy atom. The molecule has 0 aliphatic carbocycles. The summed E-state index contributed by atoms with van der Waals surface area (Å²) in [6.45, 7) is 0.310. The summed E-state index contributed by atoms with van der Waals surface area (Å²) in [5.41, 5.74) is 3.53. The second-order valence-electron chi connectivity index (χ2n) is 8.66. The largest absolute Gasteiger partial charge is 0.481 e. The second-order valence-corrected chi connectivity index (χ2v) is 8.66. The standard InChI is InChI=1S/C29H22F3N3O2/c30-29(31,32)25-11-5-10-24-27(25)34-35(18-20-6-2-1-3-7-20)28(24)21-8-4-9-23(17-21)33-22-14-12-19(13-15-22)16-26(36)37/h1-15,17,33H,16,18H2,(H,36,37). The molecule has 186 valence electrons. The lowest BCUT2D eigenvalue weighted by atomic mass is 10.0. The maximum Gasteiger partial charge on any atom is 0.418 e. The van der Waals surface area contributed by atoms with Gasteiger partial charge < -0.3 is 10.4 Å². The summed E-state index contributed by atoms with van der Waals surface area (Å²) < 4.78 is 43.0. The van der Waals surface area contributed by atoms with Crippen LogP contribution < -0.4 is 5.32 Å². The van der Waals surface area contributed by atoms with Crippen LogP contribution in [0.1, 0.15) is 16.7 Å². The van der Waals surface area contributed by atoms with Crippen LogP contribution >= 0.6 is 0 Å². The molecule has 0 atom stereocenters. The number of aromatic nitrogens is 2. The van der Waals surface area contributed by atoms with E-state index in [1.807, 2.05) is 54.6 Å². The smallest absolute Gasteiger partial charge is 0.418 e. The fraction of sp³-hybridized carbons (Fsp3) is 0.103. The molecule has 0 aliphatic rings. The van der Waals surface area contributed by atoms with Gasteiger partial charge in [0.05, 0.1) is 24.2 Å². The van der Waals surface area contributed by atoms with Crippen LogP contribution in [0.25, 0.3) is 22.2 Å². The average molecular weight is 502 g/mol. The predicted molar refractivity (Wildman–Crippen MR) is 137 cm³/mol. The molecule has 0 aliphatic heterocycles. The molecule has 4 aromatic carbocycles. The summed E-state index contributed by atoms with van der Waals surface area (Å²) in [7, 11) is 0. The monoisotopic (exact) mass is 501 g/mol. The molecule has 0 radical (unpaired) electrons. The van der Waals surface area contributed by atoms with Crippen LogP contribution in [-0.2, 0) is 23.9 Å². The topological polar surface area (TPSA) is 67.2 Å². The van der Waals surface area contributed by atoms with Gasteiger partial charge >= 0.3 is 12.1 Å². The molecular formula is C29H22F3N3O2. The van der Waals surface area contributed by atoms with E-state index >= 15 is 0 Å². The number of anilines is 2. The van der Waals surface area contributed by atoms with Gasteiger partial charge in [0.15, 0.2) is 0 Å². The number of hydrogen-bond donors (Lipinski definition) is 2. The third-order valence-corrected chi connectivity index (χ3v) is 5.98. The number of aliphatic carboxylic acids is 1. The van der Waals surface area contributed by atoms with E-state index in [1.165, 1.54) is 6.07 Å². The highest BCUT2D eigenvalue weighted by atomic mass is 19.4. The fourth-order valence-corrected chi connectivity index (χ4v) is 4.35. The highest BCUT2D eigenvalue weighted by Gasteiger charge is 2.34. The van der Waals surface area contributed by atoms with Crippen molar-refractivity contribution in [1.29, 1.82) is 0 Å². The third kappa shape index (κ3) is 5.33. The predicted octanol–water partition coefficient (Wildman–Crippen LogP) is 7.14. The number of carboxylic acids is 1. The Kier molecular flexibility index (Phi) is 6.40. The second kappa shape index (κ2) is 9.81. The maximum atomic E-state index is 13.8. The SMILES string of the molecule is O=C(O)Cc1ccc(Nc2cccc(-c3c4cccc(C(F)(F)F)c4nn3Cc3ccccc3)c2)cc1. The first kappa shape index (κ1) is 24.1. The first-order chi connectivity index (χ1) is 17.8. The van der Waals surface area contributed by atoms with Crippen molar-refractivity contribution in [2.75, 3.05) is 5.32 Å². The van der Waals surface area contributed by atoms with Crippen molar-refractivity contribution in [3.63, 3.8) is 0 Å². The van der Waals surface area contributed by atoms with Gasteiger partial charge in [-0.15, -0.1) is 0 Å². The summed E-state index contributed by atoms with van der Waals surface area (Å²) in [6.07, 6.45) is -4.59. The lowest BCUT2D eigenvalue weighted by Gasteiger charge is -2.12. The van der Waals surface area contributed by atoms with Crippen LogP contribution in [0, 0.1) is 0 Å². The van der Waals surface area contributed by atoms with E-state index in [-0.39, 0.29) is 11.9 Å². The Morgan fingerprint density at radius 1 is 0.838 bits per heavy atom. The van der Waals surface area contributed by atoms with Gasteiger partial charge in [0.1, 0.15) is 5.52 Å². The van der Waals surface area contributed by atoms with E-state index in [9.17, 15) is 18.0 Å². The first-order valence-corrected chi connectivity index (χ1v) is 11.6. The van der Waals surface area contributed by atoms with Crippen molar-refractivity contribution >= 4 is 28.2 Å². The van der Waals surface area contributed by atoms with E-state index in [2.05, 4.69) is 10.4 Å². The quantitative estimate of drug-likeness (QED) is 0.249. The summed E-state index contributed by atoms with van der Waals surface area (Å²) in [6, 6.07) is 28.0. The van der Waals surface area contributed by atoms with Gasteiger partial charge in [0.25, 0.3) is 0 Å². The van der Waals surface area contributed by atoms with Crippen molar-refractivity contribution in [3.8, 4) is 11.3 Å². The highest BCUT2D eigenvalue weighted by Crippen LogP contribution is 2.38. The number of nitrogens with one attached hydrogen (secondary N) is 1. The van der Waals surface area contributed by atoms with Crippen LogP contribution in [0.3, 0.4) is 0 Å². The van der Waals surface area contributed by atoms with Crippen molar-refractivity contribution < 1.29 is 23.1 Å². The number of alkyl halides is 3. The number of fused-ring (bicyclic) bond motifs is 1. The normalized spacial score (nSPS) is 11.5. The molecule has 0 bridgehead atoms. The third-order valence-electron chi connectivity index (χ3n) is 5.98. The van der Waals surface area contributed by atoms with Crippen LogP contribution in [0.15, 0.2) is 97.1 Å². The Labute approximate surface area is 210 Å². The van der Waals surface area contributed by atoms with Gasteiger partial charge in [-0.05, 0) is 41.5 Å². The molecule has 2 N–H and O–H groups in total. The molecule has 0 fully saturated rings. The van der Waals surface area contributed by atoms with Crippen molar-refractivity contribution in [1.82, 2.24) is 9.78 Å². The molecule has 0 spiro atoms. The number of hydrogen-bond acceptors (Lipinski definition) is 3. The molecule has 5 aromatic rings. The zero-order valence-electron chi connectivity index (χ0n) is 19.5. The molecule has 37 heavy (non-hydrogen) atoms. The van der Waals surface area contributed by atoms with Gasteiger partial charge in [0.2, 0.25) is 0 Å². The number of rotatable bonds is 7. The van der Waals surface area contributed by atoms with Crippen LogP contribution in [-0.4, -0.2) is 20.9 Å². The van der Waals surface area contributed by atoms with E-state index < -0.39 is 17.7 Å². The molecular weight excluding hydrogens is 479 g/mol. The minimum atomic E-state index is -4.53. The maximum absolute atomic E-state index is 13.8. The molecule has 0 saturated heterocycles. The molecule has 5 nitrogen and oxygen atoms in total. The molecule has 0 saturated carbocycles. The number of carboxylic acid groups (broad SMARTS) is 1. The lowest BCUT2D eigenvalue weighted by Crippen LogP contribution is -2.06. The van der Waals surface area contributed by atoms with Gasteiger partial charge in [-0.1, -0.05) is 66.7 Å². The van der Waals surface area contributed by atoms with Crippen molar-refractivity contribution in [2.45, 2.75) is 19.1 Å². The average Bonchev–Trinajstić information content (AvgIpc) is 3.23. The Morgan fingerprint density at radius 2 is 1.57 bits per heavy atom. The highest BCUT2D eigenvalue weighted by molar-refractivity contribution is 5.96. The van der Waals surface area contributed by atoms with Crippen LogP contribution in [0.2, 0.25) is 0 Å². The summed E-state index contributed by atoms with van der Waals surface area (Å²) in [5.74, 6) is -0.901. The van der Waals surface area contributed by atoms with Crippen LogP contribution in [0.4, 0.5) is 24.5 Å². The van der Waals surface area contributed by atoms with E-state index in [1.54, 1.807) is 35.0 Å². The number of carbonyl (C=O) groups is 1. The number of halogens is 3. The minimum absolute atomic E-state index is 0.0614. The molecule has 1 aromatic heterocycles. The number of benzene rings is 4. The number of nitrogens with zero attached hydrogens (tertiary/aromatic N) is 2. The molecule has 5 rings (SSSR count). The van der Waals surface area contributed by atoms with Gasteiger partial charge in [0, 0.05) is 22.3 Å². The van der Waals surface area contributed by atoms with E-state index in [0.29, 0.717) is 28.8 Å². The summed E-state index contributed by atoms with van der Waals surface area (Å²) >= 11 is 0. The molecule has 0 amide bonds. The Hall–Kier alpha value is -4.59. The fourth-order valence-electron chi connectivity index (χ4n) is 4.35. The van der Waals surface area contributed by atoms with E-state index in [4.69, 9.17) is 5.11 Å².